The zero-order valence-electron chi connectivity index (χ0n) is 12.5. The first kappa shape index (κ1) is 14.2. The van der Waals surface area contributed by atoms with E-state index >= 15 is 0 Å². The highest BCUT2D eigenvalue weighted by Gasteiger charge is 2.46. The van der Waals surface area contributed by atoms with E-state index < -0.39 is 6.10 Å². The monoisotopic (exact) mass is 292 g/mol. The normalized spacial score (nSPS) is 26.8. The highest BCUT2D eigenvalue weighted by molar-refractivity contribution is 5.74. The minimum atomic E-state index is -0.398. The molecule has 0 spiro atoms. The fraction of sp³-hybridized carbons (Fsp3) is 0.562. The van der Waals surface area contributed by atoms with E-state index in [0.717, 1.165) is 35.5 Å². The number of hydrogen-bond acceptors (Lipinski definition) is 5. The summed E-state index contributed by atoms with van der Waals surface area (Å²) in [6.07, 6.45) is 1.42. The van der Waals surface area contributed by atoms with Gasteiger partial charge in [0.2, 0.25) is 0 Å². The molecule has 1 fully saturated rings. The fourth-order valence-electron chi connectivity index (χ4n) is 3.23. The molecule has 1 saturated heterocycles. The first-order valence-corrected chi connectivity index (χ1v) is 7.29. The van der Waals surface area contributed by atoms with Crippen LogP contribution in [0.2, 0.25) is 0 Å². The molecular formula is C16H20O5. The number of fused-ring (bicyclic) bond motifs is 3. The third-order valence-corrected chi connectivity index (χ3v) is 4.11. The van der Waals surface area contributed by atoms with E-state index in [1.807, 2.05) is 12.1 Å². The Hall–Kier alpha value is -1.75. The molecule has 0 radical (unpaired) electrons. The van der Waals surface area contributed by atoms with Gasteiger partial charge in [0.15, 0.2) is 6.10 Å². The van der Waals surface area contributed by atoms with Crippen LogP contribution in [-0.2, 0) is 14.3 Å². The Kier molecular flexibility index (Phi) is 3.76. The van der Waals surface area contributed by atoms with Crippen molar-refractivity contribution in [3.8, 4) is 11.5 Å². The third-order valence-electron chi connectivity index (χ3n) is 4.11. The van der Waals surface area contributed by atoms with Gasteiger partial charge in [-0.1, -0.05) is 13.3 Å². The Morgan fingerprint density at radius 3 is 2.48 bits per heavy atom. The van der Waals surface area contributed by atoms with E-state index in [2.05, 4.69) is 6.92 Å². The first-order chi connectivity index (χ1) is 10.2. The second kappa shape index (κ2) is 5.56. The maximum Gasteiger partial charge on any atom is 0.309 e. The maximum atomic E-state index is 11.7. The molecule has 1 aromatic rings. The van der Waals surface area contributed by atoms with Crippen LogP contribution < -0.4 is 9.47 Å². The second-order valence-electron chi connectivity index (χ2n) is 5.36. The van der Waals surface area contributed by atoms with Gasteiger partial charge in [0.05, 0.1) is 26.7 Å². The van der Waals surface area contributed by atoms with E-state index in [4.69, 9.17) is 18.9 Å². The van der Waals surface area contributed by atoms with E-state index in [9.17, 15) is 4.79 Å². The van der Waals surface area contributed by atoms with Gasteiger partial charge in [-0.3, -0.25) is 4.79 Å². The van der Waals surface area contributed by atoms with Crippen molar-refractivity contribution >= 4 is 5.97 Å². The Balaban J connectivity index is 2.16. The molecule has 0 bridgehead atoms. The van der Waals surface area contributed by atoms with Gasteiger partial charge >= 0.3 is 5.97 Å². The summed E-state index contributed by atoms with van der Waals surface area (Å²) < 4.78 is 22.5. The molecule has 2 aliphatic heterocycles. The van der Waals surface area contributed by atoms with Gasteiger partial charge in [0.1, 0.15) is 17.6 Å². The zero-order valence-corrected chi connectivity index (χ0v) is 12.5. The molecule has 0 saturated carbocycles. The molecule has 0 N–H and O–H groups in total. The summed E-state index contributed by atoms with van der Waals surface area (Å²) in [6.45, 7) is 2.11. The molecule has 114 valence electrons. The maximum absolute atomic E-state index is 11.7. The molecule has 0 amide bonds. The number of benzene rings is 1. The average molecular weight is 292 g/mol. The molecule has 2 aliphatic rings. The number of methoxy groups -OCH3 is 2. The van der Waals surface area contributed by atoms with E-state index in [-0.39, 0.29) is 18.2 Å². The summed E-state index contributed by atoms with van der Waals surface area (Å²) >= 11 is 0. The lowest BCUT2D eigenvalue weighted by molar-refractivity contribution is -0.143. The van der Waals surface area contributed by atoms with E-state index in [0.29, 0.717) is 6.42 Å². The molecular weight excluding hydrogens is 272 g/mol. The summed E-state index contributed by atoms with van der Waals surface area (Å²) in [5.74, 6) is 1.25. The summed E-state index contributed by atoms with van der Waals surface area (Å²) in [4.78, 5) is 11.7. The van der Waals surface area contributed by atoms with Gasteiger partial charge in [-0.2, -0.15) is 0 Å². The van der Waals surface area contributed by atoms with Gasteiger partial charge in [-0.25, -0.2) is 0 Å². The first-order valence-electron chi connectivity index (χ1n) is 7.29. The molecule has 3 atom stereocenters. The van der Waals surface area contributed by atoms with Gasteiger partial charge < -0.3 is 18.9 Å². The van der Waals surface area contributed by atoms with Crippen molar-refractivity contribution in [1.82, 2.24) is 0 Å². The summed E-state index contributed by atoms with van der Waals surface area (Å²) in [7, 11) is 3.26. The van der Waals surface area contributed by atoms with E-state index in [1.54, 1.807) is 14.2 Å². The van der Waals surface area contributed by atoms with Crippen LogP contribution in [0.25, 0.3) is 0 Å². The molecule has 0 aromatic heterocycles. The Labute approximate surface area is 124 Å². The van der Waals surface area contributed by atoms with Crippen molar-refractivity contribution < 1.29 is 23.7 Å². The van der Waals surface area contributed by atoms with Crippen molar-refractivity contribution in [3.63, 3.8) is 0 Å². The average Bonchev–Trinajstić information content (AvgIpc) is 2.86. The standard InChI is InChI=1S/C16H20O5/c1-4-5-11-14-9(18-2)6-7-10(19-3)15(14)16-12(20-11)8-13(17)21-16/h6-7,11-12,16H,4-5,8H2,1-3H3/t11-,12-,16+/m1/s1. The smallest absolute Gasteiger partial charge is 0.309 e. The molecule has 3 rings (SSSR count). The molecule has 5 heteroatoms. The fourth-order valence-corrected chi connectivity index (χ4v) is 3.23. The number of esters is 1. The van der Waals surface area contributed by atoms with Gasteiger partial charge in [0, 0.05) is 11.1 Å². The van der Waals surface area contributed by atoms with Crippen molar-refractivity contribution in [1.29, 1.82) is 0 Å². The van der Waals surface area contributed by atoms with Gasteiger partial charge in [-0.05, 0) is 18.6 Å². The number of rotatable bonds is 4. The lowest BCUT2D eigenvalue weighted by Gasteiger charge is -2.35. The van der Waals surface area contributed by atoms with Crippen LogP contribution in [0, 0.1) is 0 Å². The molecule has 1 aromatic carbocycles. The number of ether oxygens (including phenoxy) is 4. The molecule has 21 heavy (non-hydrogen) atoms. The Morgan fingerprint density at radius 1 is 1.19 bits per heavy atom. The van der Waals surface area contributed by atoms with Crippen LogP contribution in [0.15, 0.2) is 12.1 Å². The minimum absolute atomic E-state index is 0.0919. The van der Waals surface area contributed by atoms with Crippen molar-refractivity contribution in [3.05, 3.63) is 23.3 Å². The molecule has 2 heterocycles. The minimum Gasteiger partial charge on any atom is -0.496 e. The van der Waals surface area contributed by atoms with Crippen LogP contribution in [0.1, 0.15) is 49.5 Å². The van der Waals surface area contributed by atoms with Crippen LogP contribution in [0.3, 0.4) is 0 Å². The molecule has 0 aliphatic carbocycles. The Bertz CT molecular complexity index is 554. The molecule has 5 nitrogen and oxygen atoms in total. The summed E-state index contributed by atoms with van der Waals surface area (Å²) in [6, 6.07) is 3.73. The van der Waals surface area contributed by atoms with Crippen molar-refractivity contribution in [2.24, 2.45) is 0 Å². The Morgan fingerprint density at radius 2 is 1.86 bits per heavy atom. The van der Waals surface area contributed by atoms with Crippen molar-refractivity contribution in [2.75, 3.05) is 14.2 Å². The number of carbonyl (C=O) groups is 1. The van der Waals surface area contributed by atoms with E-state index in [1.165, 1.54) is 0 Å². The quantitative estimate of drug-likeness (QED) is 0.799. The van der Waals surface area contributed by atoms with Crippen LogP contribution in [0.4, 0.5) is 0 Å². The van der Waals surface area contributed by atoms with Crippen LogP contribution in [0.5, 0.6) is 11.5 Å². The number of carbonyl (C=O) groups excluding carboxylic acids is 1. The zero-order chi connectivity index (χ0) is 15.0. The SMILES string of the molecule is CCC[C@H]1O[C@@H]2CC(=O)O[C@@H]2c2c(OC)ccc(OC)c21. The summed E-state index contributed by atoms with van der Waals surface area (Å²) in [5, 5.41) is 0. The largest absolute Gasteiger partial charge is 0.496 e. The highest BCUT2D eigenvalue weighted by Crippen LogP contribution is 2.51. The highest BCUT2D eigenvalue weighted by atomic mass is 16.6. The summed E-state index contributed by atoms with van der Waals surface area (Å²) in [5.41, 5.74) is 1.85. The van der Waals surface area contributed by atoms with Gasteiger partial charge in [-0.15, -0.1) is 0 Å². The van der Waals surface area contributed by atoms with Crippen molar-refractivity contribution in [2.45, 2.75) is 44.5 Å². The van der Waals surface area contributed by atoms with Crippen LogP contribution >= 0.6 is 0 Å². The predicted molar refractivity (Wildman–Crippen MR) is 75.5 cm³/mol. The van der Waals surface area contributed by atoms with Gasteiger partial charge in [0.25, 0.3) is 0 Å². The predicted octanol–water partition coefficient (Wildman–Crippen LogP) is 2.93. The second-order valence-corrected chi connectivity index (χ2v) is 5.36. The topological polar surface area (TPSA) is 54.0 Å². The third kappa shape index (κ3) is 2.25. The number of hydrogen-bond donors (Lipinski definition) is 0. The molecule has 0 unspecified atom stereocenters. The lowest BCUT2D eigenvalue weighted by atomic mass is 9.88. The van der Waals surface area contributed by atoms with Crippen LogP contribution in [-0.4, -0.2) is 26.3 Å². The lowest BCUT2D eigenvalue weighted by Crippen LogP contribution is -2.28.